The topological polar surface area (TPSA) is 29.3 Å². The fourth-order valence-electron chi connectivity index (χ4n) is 3.38. The molecular formula is C14H20N2. The summed E-state index contributed by atoms with van der Waals surface area (Å²) in [7, 11) is 0. The Hall–Kier alpha value is -0.860. The van der Waals surface area contributed by atoms with Crippen molar-refractivity contribution in [2.24, 2.45) is 11.7 Å². The average molecular weight is 216 g/mol. The number of piperidine rings is 1. The molecule has 0 spiro atoms. The number of rotatable bonds is 2. The molecule has 2 aliphatic rings. The van der Waals surface area contributed by atoms with Gasteiger partial charge in [0, 0.05) is 12.6 Å². The first-order chi connectivity index (χ1) is 7.84. The van der Waals surface area contributed by atoms with Gasteiger partial charge in [0.15, 0.2) is 0 Å². The van der Waals surface area contributed by atoms with Gasteiger partial charge in [-0.3, -0.25) is 4.90 Å². The Bertz CT molecular complexity index is 349. The van der Waals surface area contributed by atoms with E-state index in [-0.39, 0.29) is 0 Å². The lowest BCUT2D eigenvalue weighted by molar-refractivity contribution is 0.111. The van der Waals surface area contributed by atoms with Crippen molar-refractivity contribution in [1.82, 2.24) is 4.90 Å². The maximum Gasteiger partial charge on any atom is 0.0574 e. The van der Waals surface area contributed by atoms with E-state index in [0.717, 1.165) is 5.92 Å². The van der Waals surface area contributed by atoms with Crippen molar-refractivity contribution in [2.75, 3.05) is 6.54 Å². The highest BCUT2D eigenvalue weighted by Crippen LogP contribution is 2.36. The second kappa shape index (κ2) is 4.19. The summed E-state index contributed by atoms with van der Waals surface area (Å²) in [5, 5.41) is 0. The molecule has 2 N–H and O–H groups in total. The molecule has 0 amide bonds. The molecule has 2 bridgehead atoms. The number of hydrogen-bond donors (Lipinski definition) is 1. The summed E-state index contributed by atoms with van der Waals surface area (Å²) in [5.41, 5.74) is 7.64. The van der Waals surface area contributed by atoms with Gasteiger partial charge in [-0.05, 0) is 37.2 Å². The lowest BCUT2D eigenvalue weighted by Crippen LogP contribution is -2.50. The van der Waals surface area contributed by atoms with Gasteiger partial charge in [-0.1, -0.05) is 30.3 Å². The van der Waals surface area contributed by atoms with Crippen molar-refractivity contribution in [3.05, 3.63) is 35.9 Å². The number of benzene rings is 1. The third-order valence-electron chi connectivity index (χ3n) is 4.28. The summed E-state index contributed by atoms with van der Waals surface area (Å²) in [6.45, 7) is 1.21. The molecule has 3 rings (SSSR count). The van der Waals surface area contributed by atoms with Crippen LogP contribution in [0.2, 0.25) is 0 Å². The summed E-state index contributed by atoms with van der Waals surface area (Å²) in [4.78, 5) is 2.53. The summed E-state index contributed by atoms with van der Waals surface area (Å²) in [6.07, 6.45) is 5.36. The first kappa shape index (κ1) is 10.3. The van der Waals surface area contributed by atoms with Gasteiger partial charge in [0.2, 0.25) is 0 Å². The molecule has 2 nitrogen and oxygen atoms in total. The third kappa shape index (κ3) is 1.76. The van der Waals surface area contributed by atoms with Crippen LogP contribution in [0.1, 0.15) is 24.8 Å². The van der Waals surface area contributed by atoms with Gasteiger partial charge in [0.1, 0.15) is 0 Å². The SMILES string of the molecule is NC1CCC2CCN1C2Cc1ccccc1. The van der Waals surface area contributed by atoms with E-state index in [9.17, 15) is 0 Å². The molecule has 4 unspecified atom stereocenters. The molecule has 86 valence electrons. The van der Waals surface area contributed by atoms with Gasteiger partial charge in [-0.15, -0.1) is 0 Å². The molecule has 0 radical (unpaired) electrons. The molecule has 2 heteroatoms. The van der Waals surface area contributed by atoms with Gasteiger partial charge < -0.3 is 5.73 Å². The molecule has 1 aromatic rings. The predicted octanol–water partition coefficient (Wildman–Crippen LogP) is 2.00. The van der Waals surface area contributed by atoms with E-state index in [1.54, 1.807) is 0 Å². The van der Waals surface area contributed by atoms with Crippen molar-refractivity contribution in [3.63, 3.8) is 0 Å². The highest BCUT2D eigenvalue weighted by molar-refractivity contribution is 5.17. The Kier molecular flexibility index (Phi) is 2.70. The molecule has 1 aromatic carbocycles. The van der Waals surface area contributed by atoms with Crippen LogP contribution < -0.4 is 5.73 Å². The van der Waals surface area contributed by atoms with Crippen molar-refractivity contribution >= 4 is 0 Å². The molecule has 0 saturated carbocycles. The van der Waals surface area contributed by atoms with Crippen LogP contribution in [0.15, 0.2) is 30.3 Å². The summed E-state index contributed by atoms with van der Waals surface area (Å²) < 4.78 is 0. The fourth-order valence-corrected chi connectivity index (χ4v) is 3.38. The minimum atomic E-state index is 0.312. The monoisotopic (exact) mass is 216 g/mol. The van der Waals surface area contributed by atoms with Crippen molar-refractivity contribution in [3.8, 4) is 0 Å². The van der Waals surface area contributed by atoms with Crippen LogP contribution in [0.3, 0.4) is 0 Å². The first-order valence-corrected chi connectivity index (χ1v) is 6.40. The van der Waals surface area contributed by atoms with Gasteiger partial charge in [0.25, 0.3) is 0 Å². The minimum absolute atomic E-state index is 0.312. The minimum Gasteiger partial charge on any atom is -0.316 e. The van der Waals surface area contributed by atoms with Gasteiger partial charge in [-0.25, -0.2) is 0 Å². The lowest BCUT2D eigenvalue weighted by Gasteiger charge is -2.37. The highest BCUT2D eigenvalue weighted by Gasteiger charge is 2.40. The molecule has 0 aliphatic carbocycles. The van der Waals surface area contributed by atoms with E-state index < -0.39 is 0 Å². The van der Waals surface area contributed by atoms with Gasteiger partial charge >= 0.3 is 0 Å². The van der Waals surface area contributed by atoms with Crippen LogP contribution in [-0.4, -0.2) is 23.7 Å². The Morgan fingerprint density at radius 3 is 2.75 bits per heavy atom. The molecule has 2 saturated heterocycles. The second-order valence-corrected chi connectivity index (χ2v) is 5.19. The van der Waals surface area contributed by atoms with Crippen molar-refractivity contribution in [2.45, 2.75) is 37.9 Å². The van der Waals surface area contributed by atoms with Gasteiger partial charge in [0.05, 0.1) is 6.17 Å². The highest BCUT2D eigenvalue weighted by atomic mass is 15.3. The lowest BCUT2D eigenvalue weighted by atomic mass is 9.87. The summed E-state index contributed by atoms with van der Waals surface area (Å²) in [5.74, 6) is 0.889. The fraction of sp³-hybridized carbons (Fsp3) is 0.571. The quantitative estimate of drug-likeness (QED) is 0.819. The predicted molar refractivity (Wildman–Crippen MR) is 66.0 cm³/mol. The smallest absolute Gasteiger partial charge is 0.0574 e. The van der Waals surface area contributed by atoms with Crippen LogP contribution >= 0.6 is 0 Å². The van der Waals surface area contributed by atoms with E-state index >= 15 is 0 Å². The largest absolute Gasteiger partial charge is 0.316 e. The Morgan fingerprint density at radius 2 is 1.94 bits per heavy atom. The van der Waals surface area contributed by atoms with Crippen LogP contribution in [-0.2, 0) is 6.42 Å². The van der Waals surface area contributed by atoms with Crippen molar-refractivity contribution < 1.29 is 0 Å². The maximum absolute atomic E-state index is 6.19. The third-order valence-corrected chi connectivity index (χ3v) is 4.28. The zero-order valence-corrected chi connectivity index (χ0v) is 9.68. The molecule has 2 aliphatic heterocycles. The summed E-state index contributed by atoms with van der Waals surface area (Å²) >= 11 is 0. The maximum atomic E-state index is 6.19. The van der Waals surface area contributed by atoms with E-state index in [1.807, 2.05) is 0 Å². The van der Waals surface area contributed by atoms with Crippen LogP contribution in [0.25, 0.3) is 0 Å². The van der Waals surface area contributed by atoms with Crippen molar-refractivity contribution in [1.29, 1.82) is 0 Å². The molecule has 2 heterocycles. The number of fused-ring (bicyclic) bond motifs is 2. The first-order valence-electron chi connectivity index (χ1n) is 6.40. The molecule has 16 heavy (non-hydrogen) atoms. The zero-order valence-electron chi connectivity index (χ0n) is 9.68. The number of nitrogens with zero attached hydrogens (tertiary/aromatic N) is 1. The van der Waals surface area contributed by atoms with Crippen LogP contribution in [0.5, 0.6) is 0 Å². The molecule has 2 fully saturated rings. The summed E-state index contributed by atoms with van der Waals surface area (Å²) in [6, 6.07) is 11.5. The normalized spacial score (nSPS) is 37.6. The molecular weight excluding hydrogens is 196 g/mol. The standard InChI is InChI=1S/C14H20N2/c15-14-7-6-12-8-9-16(14)13(12)10-11-4-2-1-3-5-11/h1-5,12-14H,6-10,15H2. The second-order valence-electron chi connectivity index (χ2n) is 5.19. The Labute approximate surface area is 97.4 Å². The zero-order chi connectivity index (χ0) is 11.0. The Balaban J connectivity index is 1.76. The average Bonchev–Trinajstić information content (AvgIpc) is 2.60. The van der Waals surface area contributed by atoms with E-state index in [1.165, 1.54) is 37.8 Å². The number of hydrogen-bond acceptors (Lipinski definition) is 2. The van der Waals surface area contributed by atoms with E-state index in [4.69, 9.17) is 5.73 Å². The molecule has 4 atom stereocenters. The van der Waals surface area contributed by atoms with E-state index in [0.29, 0.717) is 12.2 Å². The Morgan fingerprint density at radius 1 is 1.12 bits per heavy atom. The van der Waals surface area contributed by atoms with E-state index in [2.05, 4.69) is 35.2 Å². The van der Waals surface area contributed by atoms with Crippen LogP contribution in [0.4, 0.5) is 0 Å². The van der Waals surface area contributed by atoms with Crippen LogP contribution in [0, 0.1) is 5.92 Å². The number of nitrogens with two attached hydrogens (primary N) is 1. The van der Waals surface area contributed by atoms with Gasteiger partial charge in [-0.2, -0.15) is 0 Å². The molecule has 0 aromatic heterocycles.